The molecule has 1 amide bonds. The predicted molar refractivity (Wildman–Crippen MR) is 90.4 cm³/mol. The highest BCUT2D eigenvalue weighted by Gasteiger charge is 2.27. The third-order valence-electron chi connectivity index (χ3n) is 4.23. The van der Waals surface area contributed by atoms with Crippen LogP contribution in [-0.2, 0) is 5.60 Å². The first-order valence-corrected chi connectivity index (χ1v) is 7.85. The van der Waals surface area contributed by atoms with Crippen molar-refractivity contribution in [3.05, 3.63) is 58.7 Å². The fraction of sp³-hybridized carbons (Fsp3) is 0.316. The van der Waals surface area contributed by atoms with Gasteiger partial charge in [-0.1, -0.05) is 23.8 Å². The minimum absolute atomic E-state index is 0.0961. The normalized spacial score (nSPS) is 15.0. The van der Waals surface area contributed by atoms with E-state index >= 15 is 0 Å². The molecule has 1 heterocycles. The highest BCUT2D eigenvalue weighted by Crippen LogP contribution is 2.35. The Morgan fingerprint density at radius 1 is 1.17 bits per heavy atom. The molecular weight excluding hydrogens is 306 g/mol. The average Bonchev–Trinajstić information content (AvgIpc) is 3.02. The molecule has 0 aliphatic carbocycles. The third kappa shape index (κ3) is 3.21. The number of aliphatic hydroxyl groups is 1. The van der Waals surface area contributed by atoms with Crippen LogP contribution in [0.25, 0.3) is 0 Å². The van der Waals surface area contributed by atoms with Crippen molar-refractivity contribution in [2.75, 3.05) is 13.3 Å². The van der Waals surface area contributed by atoms with Crippen LogP contribution in [0.3, 0.4) is 0 Å². The van der Waals surface area contributed by atoms with Gasteiger partial charge in [0.05, 0.1) is 6.54 Å². The molecule has 5 nitrogen and oxygen atoms in total. The van der Waals surface area contributed by atoms with Gasteiger partial charge in [-0.15, -0.1) is 0 Å². The summed E-state index contributed by atoms with van der Waals surface area (Å²) in [6, 6.07) is 11.0. The zero-order valence-electron chi connectivity index (χ0n) is 14.1. The van der Waals surface area contributed by atoms with Crippen LogP contribution in [0, 0.1) is 13.8 Å². The summed E-state index contributed by atoms with van der Waals surface area (Å²) in [4.78, 5) is 12.4. The molecule has 0 saturated carbocycles. The monoisotopic (exact) mass is 327 g/mol. The van der Waals surface area contributed by atoms with E-state index in [2.05, 4.69) is 5.32 Å². The number of rotatable bonds is 4. The molecule has 1 aliphatic rings. The van der Waals surface area contributed by atoms with Gasteiger partial charge < -0.3 is 19.9 Å². The molecule has 0 bridgehead atoms. The van der Waals surface area contributed by atoms with Gasteiger partial charge in [-0.05, 0) is 50.1 Å². The first kappa shape index (κ1) is 16.3. The lowest BCUT2D eigenvalue weighted by Crippen LogP contribution is -2.38. The van der Waals surface area contributed by atoms with Crippen LogP contribution >= 0.6 is 0 Å². The van der Waals surface area contributed by atoms with Crippen LogP contribution in [-0.4, -0.2) is 24.4 Å². The van der Waals surface area contributed by atoms with Crippen molar-refractivity contribution in [3.63, 3.8) is 0 Å². The molecule has 3 rings (SSSR count). The molecule has 1 unspecified atom stereocenters. The van der Waals surface area contributed by atoms with Crippen LogP contribution in [0.4, 0.5) is 0 Å². The summed E-state index contributed by atoms with van der Waals surface area (Å²) >= 11 is 0. The van der Waals surface area contributed by atoms with Crippen molar-refractivity contribution in [2.45, 2.75) is 26.4 Å². The second kappa shape index (κ2) is 6.17. The van der Waals surface area contributed by atoms with E-state index in [1.807, 2.05) is 32.0 Å². The predicted octanol–water partition coefficient (Wildman–Crippen LogP) is 2.67. The van der Waals surface area contributed by atoms with Gasteiger partial charge in [-0.25, -0.2) is 0 Å². The first-order valence-electron chi connectivity index (χ1n) is 7.85. The largest absolute Gasteiger partial charge is 0.454 e. The first-order chi connectivity index (χ1) is 11.4. The highest BCUT2D eigenvalue weighted by atomic mass is 16.7. The van der Waals surface area contributed by atoms with E-state index in [9.17, 15) is 9.90 Å². The Kier molecular flexibility index (Phi) is 4.20. The SMILES string of the molecule is Cc1ccc(C)c(C(=O)NCC(C)(O)c2ccc3c(c2)OCO3)c1. The van der Waals surface area contributed by atoms with Gasteiger partial charge >= 0.3 is 0 Å². The molecule has 1 aliphatic heterocycles. The fourth-order valence-electron chi connectivity index (χ4n) is 2.66. The molecule has 0 spiro atoms. The molecular formula is C19H21NO4. The number of nitrogens with one attached hydrogen (secondary N) is 1. The lowest BCUT2D eigenvalue weighted by molar-refractivity contribution is 0.0524. The second-order valence-electron chi connectivity index (χ2n) is 6.34. The Balaban J connectivity index is 1.73. The molecule has 126 valence electrons. The van der Waals surface area contributed by atoms with E-state index in [4.69, 9.17) is 9.47 Å². The minimum atomic E-state index is -1.21. The van der Waals surface area contributed by atoms with Crippen molar-refractivity contribution in [1.82, 2.24) is 5.32 Å². The van der Waals surface area contributed by atoms with E-state index < -0.39 is 5.60 Å². The lowest BCUT2D eigenvalue weighted by atomic mass is 9.95. The molecule has 5 heteroatoms. The van der Waals surface area contributed by atoms with Crippen molar-refractivity contribution in [1.29, 1.82) is 0 Å². The van der Waals surface area contributed by atoms with E-state index in [-0.39, 0.29) is 19.2 Å². The molecule has 0 radical (unpaired) electrons. The maximum Gasteiger partial charge on any atom is 0.251 e. The number of benzene rings is 2. The summed E-state index contributed by atoms with van der Waals surface area (Å²) in [5.74, 6) is 1.07. The van der Waals surface area contributed by atoms with Crippen LogP contribution in [0.2, 0.25) is 0 Å². The van der Waals surface area contributed by atoms with Gasteiger partial charge in [0.15, 0.2) is 11.5 Å². The maximum atomic E-state index is 12.4. The number of carbonyl (C=O) groups is 1. The van der Waals surface area contributed by atoms with Gasteiger partial charge in [-0.2, -0.15) is 0 Å². The molecule has 0 fully saturated rings. The van der Waals surface area contributed by atoms with Gasteiger partial charge in [-0.3, -0.25) is 4.79 Å². The third-order valence-corrected chi connectivity index (χ3v) is 4.23. The summed E-state index contributed by atoms with van der Waals surface area (Å²) in [6.45, 7) is 5.78. The summed E-state index contributed by atoms with van der Waals surface area (Å²) < 4.78 is 10.6. The standard InChI is InChI=1S/C19H21NO4/c1-12-4-5-13(2)15(8-12)18(21)20-10-19(3,22)14-6-7-16-17(9-14)24-11-23-16/h4-9,22H,10-11H2,1-3H3,(H,20,21). The summed E-state index contributed by atoms with van der Waals surface area (Å²) in [7, 11) is 0. The van der Waals surface area contributed by atoms with Gasteiger partial charge in [0.2, 0.25) is 6.79 Å². The summed E-state index contributed by atoms with van der Waals surface area (Å²) in [5.41, 5.74) is 1.99. The minimum Gasteiger partial charge on any atom is -0.454 e. The number of amides is 1. The Bertz CT molecular complexity index is 783. The Hall–Kier alpha value is -2.53. The molecule has 2 N–H and O–H groups in total. The topological polar surface area (TPSA) is 67.8 Å². The molecule has 2 aromatic carbocycles. The van der Waals surface area contributed by atoms with Crippen LogP contribution in [0.5, 0.6) is 11.5 Å². The Morgan fingerprint density at radius 3 is 2.71 bits per heavy atom. The summed E-state index contributed by atoms with van der Waals surface area (Å²) in [5, 5.41) is 13.5. The van der Waals surface area contributed by atoms with Crippen molar-refractivity contribution in [2.24, 2.45) is 0 Å². The fourth-order valence-corrected chi connectivity index (χ4v) is 2.66. The highest BCUT2D eigenvalue weighted by molar-refractivity contribution is 5.95. The van der Waals surface area contributed by atoms with E-state index in [0.29, 0.717) is 22.6 Å². The van der Waals surface area contributed by atoms with Gasteiger partial charge in [0, 0.05) is 5.56 Å². The second-order valence-corrected chi connectivity index (χ2v) is 6.34. The van der Waals surface area contributed by atoms with Crippen molar-refractivity contribution >= 4 is 5.91 Å². The van der Waals surface area contributed by atoms with Gasteiger partial charge in [0.25, 0.3) is 5.91 Å². The van der Waals surface area contributed by atoms with Crippen molar-refractivity contribution in [3.8, 4) is 11.5 Å². The Morgan fingerprint density at radius 2 is 1.92 bits per heavy atom. The number of hydrogen-bond acceptors (Lipinski definition) is 4. The van der Waals surface area contributed by atoms with Crippen LogP contribution in [0.15, 0.2) is 36.4 Å². The number of ether oxygens (including phenoxy) is 2. The van der Waals surface area contributed by atoms with E-state index in [1.165, 1.54) is 0 Å². The molecule has 0 aromatic heterocycles. The van der Waals surface area contributed by atoms with Gasteiger partial charge in [0.1, 0.15) is 5.60 Å². The lowest BCUT2D eigenvalue weighted by Gasteiger charge is -2.24. The molecule has 1 atom stereocenters. The molecule has 2 aromatic rings. The summed E-state index contributed by atoms with van der Waals surface area (Å²) in [6.07, 6.45) is 0. The number of hydrogen-bond donors (Lipinski definition) is 2. The zero-order valence-corrected chi connectivity index (χ0v) is 14.1. The van der Waals surface area contributed by atoms with Crippen molar-refractivity contribution < 1.29 is 19.4 Å². The molecule has 24 heavy (non-hydrogen) atoms. The zero-order chi connectivity index (χ0) is 17.3. The number of aryl methyl sites for hydroxylation is 2. The van der Waals surface area contributed by atoms with Crippen LogP contribution in [0.1, 0.15) is 34.0 Å². The smallest absolute Gasteiger partial charge is 0.251 e. The average molecular weight is 327 g/mol. The Labute approximate surface area is 141 Å². The number of carbonyl (C=O) groups excluding carboxylic acids is 1. The van der Waals surface area contributed by atoms with E-state index in [1.54, 1.807) is 25.1 Å². The molecule has 0 saturated heterocycles. The quantitative estimate of drug-likeness (QED) is 0.906. The number of fused-ring (bicyclic) bond motifs is 1. The van der Waals surface area contributed by atoms with E-state index in [0.717, 1.165) is 11.1 Å². The maximum absolute atomic E-state index is 12.4. The van der Waals surface area contributed by atoms with Crippen LogP contribution < -0.4 is 14.8 Å².